The van der Waals surface area contributed by atoms with Crippen LogP contribution in [-0.2, 0) is 0 Å². The summed E-state index contributed by atoms with van der Waals surface area (Å²) < 4.78 is 0. The van der Waals surface area contributed by atoms with Crippen molar-refractivity contribution in [2.45, 2.75) is 20.8 Å². The van der Waals surface area contributed by atoms with Gasteiger partial charge in [0, 0.05) is 5.39 Å². The summed E-state index contributed by atoms with van der Waals surface area (Å²) >= 11 is 5.70. The summed E-state index contributed by atoms with van der Waals surface area (Å²) in [5.41, 5.74) is 1.82. The summed E-state index contributed by atoms with van der Waals surface area (Å²) in [5, 5.41) is 1.37. The molecular weight excluding hydrogens is 196 g/mol. The molecule has 0 spiro atoms. The van der Waals surface area contributed by atoms with Crippen molar-refractivity contribution in [2.24, 2.45) is 0 Å². The van der Waals surface area contributed by atoms with Gasteiger partial charge in [-0.05, 0) is 24.6 Å². The van der Waals surface area contributed by atoms with Crippen molar-refractivity contribution in [3.05, 3.63) is 35.2 Å². The maximum atomic E-state index is 5.70. The molecule has 0 fully saturated rings. The van der Waals surface area contributed by atoms with Crippen molar-refractivity contribution in [2.75, 3.05) is 0 Å². The highest BCUT2D eigenvalue weighted by Crippen LogP contribution is 2.15. The number of halogens is 1. The minimum atomic E-state index is 0.311. The Labute approximate surface area is 89.0 Å². The van der Waals surface area contributed by atoms with Gasteiger partial charge in [0.25, 0.3) is 0 Å². The molecule has 3 heteroatoms. The molecule has 0 N–H and O–H groups in total. The zero-order valence-electron chi connectivity index (χ0n) is 8.58. The van der Waals surface area contributed by atoms with E-state index >= 15 is 0 Å². The van der Waals surface area contributed by atoms with Crippen LogP contribution in [0.3, 0.4) is 0 Å². The van der Waals surface area contributed by atoms with E-state index in [2.05, 4.69) is 9.97 Å². The largest absolute Gasteiger partial charge is 0.223 e. The maximum absolute atomic E-state index is 5.70. The Morgan fingerprint density at radius 2 is 1.71 bits per heavy atom. The average Bonchev–Trinajstić information content (AvgIpc) is 2.20. The number of nitrogens with zero attached hydrogens (tertiary/aromatic N) is 2. The molecule has 14 heavy (non-hydrogen) atoms. The molecule has 0 aliphatic heterocycles. The summed E-state index contributed by atoms with van der Waals surface area (Å²) in [6, 6.07) is 7.81. The molecule has 2 aromatic rings. The third-order valence-corrected chi connectivity index (χ3v) is 1.94. The predicted molar refractivity (Wildman–Crippen MR) is 60.6 cm³/mol. The van der Waals surface area contributed by atoms with Gasteiger partial charge in [0.2, 0.25) is 5.28 Å². The van der Waals surface area contributed by atoms with Crippen molar-refractivity contribution in [3.8, 4) is 0 Å². The summed E-state index contributed by atoms with van der Waals surface area (Å²) in [4.78, 5) is 8.15. The Morgan fingerprint density at radius 3 is 2.43 bits per heavy atom. The SMILES string of the molecule is CC.Cc1nc(Cl)nc2ccccc12. The molecule has 74 valence electrons. The van der Waals surface area contributed by atoms with E-state index in [1.54, 1.807) is 0 Å². The second-order valence-electron chi connectivity index (χ2n) is 2.60. The highest BCUT2D eigenvalue weighted by Gasteiger charge is 2.00. The minimum Gasteiger partial charge on any atom is -0.223 e. The van der Waals surface area contributed by atoms with Crippen molar-refractivity contribution in [1.82, 2.24) is 9.97 Å². The molecular formula is C11H13ClN2. The summed E-state index contributed by atoms with van der Waals surface area (Å²) in [6.45, 7) is 5.93. The van der Waals surface area contributed by atoms with E-state index < -0.39 is 0 Å². The molecule has 2 rings (SSSR count). The Morgan fingerprint density at radius 1 is 1.07 bits per heavy atom. The van der Waals surface area contributed by atoms with Gasteiger partial charge in [-0.1, -0.05) is 32.0 Å². The first kappa shape index (κ1) is 10.9. The highest BCUT2D eigenvalue weighted by molar-refractivity contribution is 6.28. The number of hydrogen-bond donors (Lipinski definition) is 0. The number of rotatable bonds is 0. The van der Waals surface area contributed by atoms with E-state index in [0.29, 0.717) is 5.28 Å². The lowest BCUT2D eigenvalue weighted by Gasteiger charge is -1.99. The molecule has 0 aliphatic carbocycles. The quantitative estimate of drug-likeness (QED) is 0.618. The van der Waals surface area contributed by atoms with E-state index in [4.69, 9.17) is 11.6 Å². The standard InChI is InChI=1S/C9H7ClN2.C2H6/c1-6-7-4-2-3-5-8(7)12-9(10)11-6;1-2/h2-5H,1H3;1-2H3. The third-order valence-electron chi connectivity index (χ3n) is 1.77. The molecule has 0 amide bonds. The number of aryl methyl sites for hydroxylation is 1. The van der Waals surface area contributed by atoms with E-state index in [9.17, 15) is 0 Å². The first-order chi connectivity index (χ1) is 6.77. The second-order valence-corrected chi connectivity index (χ2v) is 2.93. The number of fused-ring (bicyclic) bond motifs is 1. The van der Waals surface area contributed by atoms with E-state index in [1.807, 2.05) is 45.0 Å². The summed E-state index contributed by atoms with van der Waals surface area (Å²) in [6.07, 6.45) is 0. The third kappa shape index (κ3) is 2.20. The topological polar surface area (TPSA) is 25.8 Å². The Balaban J connectivity index is 0.000000461. The van der Waals surface area contributed by atoms with Gasteiger partial charge in [-0.25, -0.2) is 9.97 Å². The van der Waals surface area contributed by atoms with Crippen molar-refractivity contribution < 1.29 is 0 Å². The zero-order valence-corrected chi connectivity index (χ0v) is 9.34. The van der Waals surface area contributed by atoms with Crippen LogP contribution in [-0.4, -0.2) is 9.97 Å². The van der Waals surface area contributed by atoms with Gasteiger partial charge in [-0.3, -0.25) is 0 Å². The van der Waals surface area contributed by atoms with Crippen molar-refractivity contribution in [3.63, 3.8) is 0 Å². The van der Waals surface area contributed by atoms with Gasteiger partial charge in [-0.2, -0.15) is 0 Å². The molecule has 1 heterocycles. The number of para-hydroxylation sites is 1. The van der Waals surface area contributed by atoms with Crippen LogP contribution in [0.25, 0.3) is 10.9 Å². The molecule has 1 aromatic carbocycles. The molecule has 0 radical (unpaired) electrons. The first-order valence-corrected chi connectivity index (χ1v) is 5.04. The maximum Gasteiger partial charge on any atom is 0.223 e. The fourth-order valence-electron chi connectivity index (χ4n) is 1.20. The van der Waals surface area contributed by atoms with Gasteiger partial charge in [0.05, 0.1) is 11.2 Å². The van der Waals surface area contributed by atoms with Crippen LogP contribution in [0.5, 0.6) is 0 Å². The number of benzene rings is 1. The van der Waals surface area contributed by atoms with Gasteiger partial charge in [-0.15, -0.1) is 0 Å². The Bertz CT molecular complexity index is 427. The molecule has 0 bridgehead atoms. The van der Waals surface area contributed by atoms with Crippen LogP contribution in [0.2, 0.25) is 5.28 Å². The lowest BCUT2D eigenvalue weighted by molar-refractivity contribution is 1.15. The first-order valence-electron chi connectivity index (χ1n) is 4.66. The lowest BCUT2D eigenvalue weighted by atomic mass is 10.2. The van der Waals surface area contributed by atoms with Crippen molar-refractivity contribution in [1.29, 1.82) is 0 Å². The lowest BCUT2D eigenvalue weighted by Crippen LogP contribution is -1.88. The molecule has 0 unspecified atom stereocenters. The van der Waals surface area contributed by atoms with Crippen LogP contribution >= 0.6 is 11.6 Å². The van der Waals surface area contributed by atoms with E-state index in [0.717, 1.165) is 16.6 Å². The summed E-state index contributed by atoms with van der Waals surface area (Å²) in [7, 11) is 0. The molecule has 0 atom stereocenters. The Hall–Kier alpha value is -1.15. The molecule has 2 nitrogen and oxygen atoms in total. The van der Waals surface area contributed by atoms with Crippen LogP contribution < -0.4 is 0 Å². The van der Waals surface area contributed by atoms with E-state index in [-0.39, 0.29) is 0 Å². The van der Waals surface area contributed by atoms with Crippen molar-refractivity contribution >= 4 is 22.5 Å². The van der Waals surface area contributed by atoms with Crippen LogP contribution in [0.4, 0.5) is 0 Å². The fraction of sp³-hybridized carbons (Fsp3) is 0.273. The average molecular weight is 209 g/mol. The zero-order chi connectivity index (χ0) is 10.6. The van der Waals surface area contributed by atoms with E-state index in [1.165, 1.54) is 0 Å². The second kappa shape index (κ2) is 4.91. The van der Waals surface area contributed by atoms with Gasteiger partial charge in [0.15, 0.2) is 0 Å². The normalized spacial score (nSPS) is 9.43. The van der Waals surface area contributed by atoms with Crippen LogP contribution in [0, 0.1) is 6.92 Å². The fourth-order valence-corrected chi connectivity index (χ4v) is 1.42. The number of aromatic nitrogens is 2. The summed E-state index contributed by atoms with van der Waals surface area (Å²) in [5.74, 6) is 0. The van der Waals surface area contributed by atoms with Gasteiger partial charge < -0.3 is 0 Å². The molecule has 0 aliphatic rings. The highest BCUT2D eigenvalue weighted by atomic mass is 35.5. The Kier molecular flexibility index (Phi) is 3.84. The van der Waals surface area contributed by atoms with Crippen LogP contribution in [0.15, 0.2) is 24.3 Å². The van der Waals surface area contributed by atoms with Crippen LogP contribution in [0.1, 0.15) is 19.5 Å². The molecule has 1 aromatic heterocycles. The monoisotopic (exact) mass is 208 g/mol. The van der Waals surface area contributed by atoms with Gasteiger partial charge >= 0.3 is 0 Å². The molecule has 0 saturated heterocycles. The molecule has 0 saturated carbocycles. The number of hydrogen-bond acceptors (Lipinski definition) is 2. The van der Waals surface area contributed by atoms with Gasteiger partial charge in [0.1, 0.15) is 0 Å². The smallest absolute Gasteiger partial charge is 0.223 e. The minimum absolute atomic E-state index is 0.311. The predicted octanol–water partition coefficient (Wildman–Crippen LogP) is 3.62.